The van der Waals surface area contributed by atoms with Crippen LogP contribution in [0.4, 0.5) is 17.6 Å². The first-order valence-corrected chi connectivity index (χ1v) is 4.95. The first kappa shape index (κ1) is 11.7. The third-order valence-electron chi connectivity index (χ3n) is 2.97. The number of hydrogen-bond acceptors (Lipinski definition) is 1. The Morgan fingerprint density at radius 3 is 2.19 bits per heavy atom. The van der Waals surface area contributed by atoms with E-state index >= 15 is 0 Å². The van der Waals surface area contributed by atoms with Gasteiger partial charge in [0, 0.05) is 18.0 Å². The molecule has 0 aromatic heterocycles. The summed E-state index contributed by atoms with van der Waals surface area (Å²) in [4.78, 5) is 0. The van der Waals surface area contributed by atoms with Crippen molar-refractivity contribution in [3.63, 3.8) is 0 Å². The normalized spacial score (nSPS) is 26.9. The molecule has 1 aliphatic carbocycles. The summed E-state index contributed by atoms with van der Waals surface area (Å²) in [5, 5.41) is -0.221. The van der Waals surface area contributed by atoms with Gasteiger partial charge in [0.2, 0.25) is 0 Å². The number of benzene rings is 1. The van der Waals surface area contributed by atoms with Crippen molar-refractivity contribution in [3.8, 4) is 0 Å². The standard InChI is InChI=1S/C10H8ClF4N/c11-6-2-8(13)7(12)1-5(6)9(4-16)3-10(9,14)15/h1-2H,3-4,16H2. The second-order valence-corrected chi connectivity index (χ2v) is 4.32. The minimum Gasteiger partial charge on any atom is -0.329 e. The Morgan fingerprint density at radius 2 is 1.75 bits per heavy atom. The van der Waals surface area contributed by atoms with Gasteiger partial charge in [-0.15, -0.1) is 0 Å². The van der Waals surface area contributed by atoms with Crippen LogP contribution < -0.4 is 5.73 Å². The zero-order chi connectivity index (χ0) is 12.1. The lowest BCUT2D eigenvalue weighted by Crippen LogP contribution is -2.27. The Labute approximate surface area is 94.2 Å². The smallest absolute Gasteiger partial charge is 0.260 e. The summed E-state index contributed by atoms with van der Waals surface area (Å²) in [6, 6.07) is 1.39. The van der Waals surface area contributed by atoms with Crippen molar-refractivity contribution in [2.75, 3.05) is 6.54 Å². The van der Waals surface area contributed by atoms with Gasteiger partial charge in [-0.2, -0.15) is 0 Å². The second kappa shape index (κ2) is 3.34. The Balaban J connectivity index is 2.53. The lowest BCUT2D eigenvalue weighted by Gasteiger charge is -2.16. The average molecular weight is 254 g/mol. The molecule has 0 radical (unpaired) electrons. The van der Waals surface area contributed by atoms with Crippen molar-refractivity contribution in [3.05, 3.63) is 34.4 Å². The zero-order valence-corrected chi connectivity index (χ0v) is 8.79. The Kier molecular flexibility index (Phi) is 2.44. The zero-order valence-electron chi connectivity index (χ0n) is 8.04. The fraction of sp³-hybridized carbons (Fsp3) is 0.400. The molecule has 0 heterocycles. The molecule has 0 bridgehead atoms. The van der Waals surface area contributed by atoms with Crippen molar-refractivity contribution < 1.29 is 17.6 Å². The molecule has 0 aliphatic heterocycles. The van der Waals surface area contributed by atoms with Gasteiger partial charge >= 0.3 is 0 Å². The first-order chi connectivity index (χ1) is 7.34. The Morgan fingerprint density at radius 1 is 1.25 bits per heavy atom. The monoisotopic (exact) mass is 253 g/mol. The van der Waals surface area contributed by atoms with Gasteiger partial charge in [-0.05, 0) is 17.7 Å². The molecular formula is C10H8ClF4N. The minimum atomic E-state index is -3.00. The lowest BCUT2D eigenvalue weighted by molar-refractivity contribution is 0.0895. The van der Waals surface area contributed by atoms with Crippen LogP contribution >= 0.6 is 11.6 Å². The van der Waals surface area contributed by atoms with E-state index in [1.807, 2.05) is 0 Å². The molecule has 88 valence electrons. The topological polar surface area (TPSA) is 26.0 Å². The van der Waals surface area contributed by atoms with Crippen LogP contribution in [0, 0.1) is 11.6 Å². The van der Waals surface area contributed by atoms with Crippen LogP contribution in [0.1, 0.15) is 12.0 Å². The molecule has 1 atom stereocenters. The molecule has 1 aromatic rings. The van der Waals surface area contributed by atoms with Crippen molar-refractivity contribution >= 4 is 11.6 Å². The SMILES string of the molecule is NCC1(c2cc(F)c(F)cc2Cl)CC1(F)F. The van der Waals surface area contributed by atoms with Crippen molar-refractivity contribution in [1.29, 1.82) is 0 Å². The van der Waals surface area contributed by atoms with Gasteiger partial charge in [-0.25, -0.2) is 17.6 Å². The third kappa shape index (κ3) is 1.42. The van der Waals surface area contributed by atoms with Crippen LogP contribution in [-0.4, -0.2) is 12.5 Å². The maximum Gasteiger partial charge on any atom is 0.260 e. The van der Waals surface area contributed by atoms with Crippen LogP contribution in [0.2, 0.25) is 5.02 Å². The summed E-state index contributed by atoms with van der Waals surface area (Å²) >= 11 is 5.64. The van der Waals surface area contributed by atoms with E-state index in [-0.39, 0.29) is 17.1 Å². The number of halogens is 5. The molecule has 0 spiro atoms. The van der Waals surface area contributed by atoms with Crippen LogP contribution in [-0.2, 0) is 5.41 Å². The highest BCUT2D eigenvalue weighted by Gasteiger charge is 2.71. The number of hydrogen-bond donors (Lipinski definition) is 1. The van der Waals surface area contributed by atoms with Crippen LogP contribution in [0.25, 0.3) is 0 Å². The van der Waals surface area contributed by atoms with Gasteiger partial charge in [0.1, 0.15) is 0 Å². The van der Waals surface area contributed by atoms with Gasteiger partial charge in [-0.3, -0.25) is 0 Å². The summed E-state index contributed by atoms with van der Waals surface area (Å²) in [6.45, 7) is -0.356. The van der Waals surface area contributed by atoms with Gasteiger partial charge in [0.05, 0.1) is 5.41 Å². The maximum atomic E-state index is 13.2. The Bertz CT molecular complexity index is 449. The molecule has 1 aliphatic rings. The highest BCUT2D eigenvalue weighted by atomic mass is 35.5. The molecule has 1 fully saturated rings. The maximum absolute atomic E-state index is 13.2. The van der Waals surface area contributed by atoms with Gasteiger partial charge in [-0.1, -0.05) is 11.6 Å². The number of alkyl halides is 2. The quantitative estimate of drug-likeness (QED) is 0.637. The number of nitrogens with two attached hydrogens (primary N) is 1. The summed E-state index contributed by atoms with van der Waals surface area (Å²) in [6.07, 6.45) is -0.485. The molecule has 1 saturated carbocycles. The van der Waals surface area contributed by atoms with Crippen LogP contribution in [0.5, 0.6) is 0 Å². The van der Waals surface area contributed by atoms with Gasteiger partial charge < -0.3 is 5.73 Å². The van der Waals surface area contributed by atoms with E-state index in [0.29, 0.717) is 12.1 Å². The second-order valence-electron chi connectivity index (χ2n) is 3.91. The van der Waals surface area contributed by atoms with E-state index < -0.39 is 29.4 Å². The van der Waals surface area contributed by atoms with Gasteiger partial charge in [0.15, 0.2) is 11.6 Å². The molecule has 0 amide bonds. The molecule has 2 rings (SSSR count). The van der Waals surface area contributed by atoms with Crippen molar-refractivity contribution in [2.24, 2.45) is 5.73 Å². The van der Waals surface area contributed by atoms with E-state index in [4.69, 9.17) is 17.3 Å². The molecule has 6 heteroatoms. The largest absolute Gasteiger partial charge is 0.329 e. The minimum absolute atomic E-state index is 0.124. The van der Waals surface area contributed by atoms with Crippen LogP contribution in [0.15, 0.2) is 12.1 Å². The van der Waals surface area contributed by atoms with E-state index in [1.54, 1.807) is 0 Å². The first-order valence-electron chi connectivity index (χ1n) is 4.57. The average Bonchev–Trinajstić information content (AvgIpc) is 2.76. The van der Waals surface area contributed by atoms with Crippen molar-refractivity contribution in [1.82, 2.24) is 0 Å². The fourth-order valence-electron chi connectivity index (χ4n) is 1.85. The third-order valence-corrected chi connectivity index (χ3v) is 3.29. The molecule has 1 nitrogen and oxygen atoms in total. The van der Waals surface area contributed by atoms with Crippen LogP contribution in [0.3, 0.4) is 0 Å². The summed E-state index contributed by atoms with van der Waals surface area (Å²) < 4.78 is 52.2. The van der Waals surface area contributed by atoms with E-state index in [1.165, 1.54) is 0 Å². The highest BCUT2D eigenvalue weighted by molar-refractivity contribution is 6.31. The van der Waals surface area contributed by atoms with E-state index in [9.17, 15) is 17.6 Å². The summed E-state index contributed by atoms with van der Waals surface area (Å²) in [5.41, 5.74) is 3.51. The molecule has 1 unspecified atom stereocenters. The molecule has 1 aromatic carbocycles. The molecule has 16 heavy (non-hydrogen) atoms. The predicted molar refractivity (Wildman–Crippen MR) is 51.7 cm³/mol. The highest BCUT2D eigenvalue weighted by Crippen LogP contribution is 2.62. The number of rotatable bonds is 2. The van der Waals surface area contributed by atoms with Gasteiger partial charge in [0.25, 0.3) is 5.92 Å². The van der Waals surface area contributed by atoms with E-state index in [2.05, 4.69) is 0 Å². The van der Waals surface area contributed by atoms with Crippen molar-refractivity contribution in [2.45, 2.75) is 17.8 Å². The fourth-order valence-corrected chi connectivity index (χ4v) is 2.18. The summed E-state index contributed by atoms with van der Waals surface area (Å²) in [5.74, 6) is -5.37. The molecule has 0 saturated heterocycles. The lowest BCUT2D eigenvalue weighted by atomic mass is 9.95. The Hall–Kier alpha value is -0.810. The molecule has 2 N–H and O–H groups in total. The summed E-state index contributed by atoms with van der Waals surface area (Å²) in [7, 11) is 0. The molecular weight excluding hydrogens is 246 g/mol. The van der Waals surface area contributed by atoms with E-state index in [0.717, 1.165) is 0 Å². The predicted octanol–water partition coefficient (Wildman–Crippen LogP) is 2.85.